The first-order chi connectivity index (χ1) is 14.4. The van der Waals surface area contributed by atoms with Gasteiger partial charge in [-0.05, 0) is 55.3 Å². The third-order valence-corrected chi connectivity index (χ3v) is 4.73. The Hall–Kier alpha value is -3.19. The highest BCUT2D eigenvalue weighted by molar-refractivity contribution is 6.30. The number of anilines is 2. The van der Waals surface area contributed by atoms with E-state index in [9.17, 15) is 9.59 Å². The molecule has 3 aromatic rings. The lowest BCUT2D eigenvalue weighted by atomic mass is 10.1. The van der Waals surface area contributed by atoms with E-state index in [1.807, 2.05) is 31.2 Å². The molecule has 30 heavy (non-hydrogen) atoms. The van der Waals surface area contributed by atoms with Crippen molar-refractivity contribution in [3.8, 4) is 11.4 Å². The molecule has 156 valence electrons. The molecule has 2 aromatic carbocycles. The summed E-state index contributed by atoms with van der Waals surface area (Å²) in [6.45, 7) is 3.69. The Balaban J connectivity index is 1.51. The van der Waals surface area contributed by atoms with Crippen molar-refractivity contribution in [3.63, 3.8) is 0 Å². The fraction of sp³-hybridized carbons (Fsp3) is 0.273. The monoisotopic (exact) mass is 426 g/mol. The molecule has 2 amide bonds. The molecule has 0 fully saturated rings. The van der Waals surface area contributed by atoms with Crippen LogP contribution < -0.4 is 10.6 Å². The highest BCUT2D eigenvalue weighted by Crippen LogP contribution is 2.22. The highest BCUT2D eigenvalue weighted by atomic mass is 35.5. The van der Waals surface area contributed by atoms with E-state index in [4.69, 9.17) is 16.1 Å². The number of amides is 2. The Morgan fingerprint density at radius 1 is 1.07 bits per heavy atom. The van der Waals surface area contributed by atoms with Crippen LogP contribution >= 0.6 is 11.6 Å². The lowest BCUT2D eigenvalue weighted by Crippen LogP contribution is -2.14. The first kappa shape index (κ1) is 21.5. The summed E-state index contributed by atoms with van der Waals surface area (Å²) < 4.78 is 5.27. The summed E-state index contributed by atoms with van der Waals surface area (Å²) in [6, 6.07) is 12.6. The van der Waals surface area contributed by atoms with Gasteiger partial charge in [0.05, 0.1) is 0 Å². The topological polar surface area (TPSA) is 97.1 Å². The van der Waals surface area contributed by atoms with Crippen molar-refractivity contribution in [2.45, 2.75) is 39.5 Å². The van der Waals surface area contributed by atoms with Crippen LogP contribution in [0.1, 0.15) is 37.6 Å². The number of carbonyl (C=O) groups excluding carboxylic acids is 2. The molecule has 0 saturated carbocycles. The molecule has 0 aliphatic rings. The predicted molar refractivity (Wildman–Crippen MR) is 116 cm³/mol. The molecule has 0 aliphatic carbocycles. The summed E-state index contributed by atoms with van der Waals surface area (Å²) in [6.07, 6.45) is 1.77. The van der Waals surface area contributed by atoms with Gasteiger partial charge >= 0.3 is 0 Å². The number of carbonyl (C=O) groups is 2. The second-order valence-electron chi connectivity index (χ2n) is 6.85. The van der Waals surface area contributed by atoms with Gasteiger partial charge in [-0.15, -0.1) is 0 Å². The van der Waals surface area contributed by atoms with Gasteiger partial charge in [0.25, 0.3) is 0 Å². The van der Waals surface area contributed by atoms with Gasteiger partial charge in [0.15, 0.2) is 0 Å². The SMILES string of the molecule is CCC(=O)Nc1ccc(C)c(NC(=O)CCCc2nc(-c3ccc(Cl)cc3)no2)c1. The second kappa shape index (κ2) is 10.0. The molecule has 0 unspecified atom stereocenters. The maximum absolute atomic E-state index is 12.3. The molecular formula is C22H23ClN4O3. The standard InChI is InChI=1S/C22H23ClN4O3/c1-3-19(28)24-17-12-7-14(2)18(13-17)25-20(29)5-4-6-21-26-22(27-30-21)15-8-10-16(23)11-9-15/h7-13H,3-6H2,1-2H3,(H,24,28)(H,25,29). The van der Waals surface area contributed by atoms with E-state index in [1.165, 1.54) is 0 Å². The van der Waals surface area contributed by atoms with Gasteiger partial charge in [-0.3, -0.25) is 9.59 Å². The van der Waals surface area contributed by atoms with Crippen LogP contribution in [0.4, 0.5) is 11.4 Å². The molecule has 7 nitrogen and oxygen atoms in total. The zero-order chi connectivity index (χ0) is 21.5. The van der Waals surface area contributed by atoms with Crippen molar-refractivity contribution < 1.29 is 14.1 Å². The molecule has 0 spiro atoms. The zero-order valence-corrected chi connectivity index (χ0v) is 17.6. The van der Waals surface area contributed by atoms with Crippen LogP contribution in [-0.2, 0) is 16.0 Å². The van der Waals surface area contributed by atoms with Gasteiger partial charge in [-0.25, -0.2) is 0 Å². The predicted octanol–water partition coefficient (Wildman–Crippen LogP) is 5.01. The maximum Gasteiger partial charge on any atom is 0.226 e. The van der Waals surface area contributed by atoms with Crippen molar-refractivity contribution in [1.29, 1.82) is 0 Å². The maximum atomic E-state index is 12.3. The second-order valence-corrected chi connectivity index (χ2v) is 7.29. The van der Waals surface area contributed by atoms with E-state index in [0.29, 0.717) is 53.8 Å². The van der Waals surface area contributed by atoms with Gasteiger partial charge < -0.3 is 15.2 Å². The lowest BCUT2D eigenvalue weighted by Gasteiger charge is -2.11. The fourth-order valence-electron chi connectivity index (χ4n) is 2.77. The fourth-order valence-corrected chi connectivity index (χ4v) is 2.90. The van der Waals surface area contributed by atoms with E-state index in [0.717, 1.165) is 11.1 Å². The summed E-state index contributed by atoms with van der Waals surface area (Å²) >= 11 is 5.89. The summed E-state index contributed by atoms with van der Waals surface area (Å²) in [5.41, 5.74) is 3.07. The van der Waals surface area contributed by atoms with Gasteiger partial charge in [0, 0.05) is 41.2 Å². The van der Waals surface area contributed by atoms with Crippen LogP contribution in [0.25, 0.3) is 11.4 Å². The summed E-state index contributed by atoms with van der Waals surface area (Å²) in [5, 5.41) is 10.3. The van der Waals surface area contributed by atoms with Gasteiger partial charge in [-0.2, -0.15) is 4.98 Å². The number of aryl methyl sites for hydroxylation is 2. The molecule has 8 heteroatoms. The van der Waals surface area contributed by atoms with Crippen molar-refractivity contribution in [2.75, 3.05) is 10.6 Å². The Kier molecular flexibility index (Phi) is 7.19. The average molecular weight is 427 g/mol. The van der Waals surface area contributed by atoms with E-state index in [2.05, 4.69) is 20.8 Å². The third kappa shape index (κ3) is 5.90. The molecule has 1 aromatic heterocycles. The van der Waals surface area contributed by atoms with E-state index < -0.39 is 0 Å². The molecule has 0 atom stereocenters. The van der Waals surface area contributed by atoms with Crippen LogP contribution in [0.15, 0.2) is 47.0 Å². The smallest absolute Gasteiger partial charge is 0.226 e. The van der Waals surface area contributed by atoms with E-state index in [-0.39, 0.29) is 11.8 Å². The van der Waals surface area contributed by atoms with Crippen LogP contribution in [0.2, 0.25) is 5.02 Å². The molecule has 0 saturated heterocycles. The van der Waals surface area contributed by atoms with Crippen molar-refractivity contribution in [2.24, 2.45) is 0 Å². The van der Waals surface area contributed by atoms with Crippen LogP contribution in [0, 0.1) is 6.92 Å². The largest absolute Gasteiger partial charge is 0.339 e. The molecule has 1 heterocycles. The summed E-state index contributed by atoms with van der Waals surface area (Å²) in [5.74, 6) is 0.782. The van der Waals surface area contributed by atoms with Crippen LogP contribution in [-0.4, -0.2) is 22.0 Å². The van der Waals surface area contributed by atoms with Crippen LogP contribution in [0.5, 0.6) is 0 Å². The molecule has 3 rings (SSSR count). The Bertz CT molecular complexity index is 1030. The van der Waals surface area contributed by atoms with Crippen molar-refractivity contribution in [1.82, 2.24) is 10.1 Å². The van der Waals surface area contributed by atoms with Crippen LogP contribution in [0.3, 0.4) is 0 Å². The zero-order valence-electron chi connectivity index (χ0n) is 16.9. The Morgan fingerprint density at radius 2 is 1.83 bits per heavy atom. The number of rotatable bonds is 8. The van der Waals surface area contributed by atoms with Crippen molar-refractivity contribution >= 4 is 34.8 Å². The minimum absolute atomic E-state index is 0.0753. The van der Waals surface area contributed by atoms with Gasteiger partial charge in [0.1, 0.15) is 0 Å². The number of nitrogens with one attached hydrogen (secondary N) is 2. The van der Waals surface area contributed by atoms with Crippen molar-refractivity contribution in [3.05, 3.63) is 58.9 Å². The van der Waals surface area contributed by atoms with Gasteiger partial charge in [-0.1, -0.05) is 29.7 Å². The average Bonchev–Trinajstić information content (AvgIpc) is 3.20. The molecule has 0 aliphatic heterocycles. The first-order valence-electron chi connectivity index (χ1n) is 9.73. The molecule has 0 radical (unpaired) electrons. The Labute approximate surface area is 179 Å². The quantitative estimate of drug-likeness (QED) is 0.527. The van der Waals surface area contributed by atoms with Gasteiger partial charge in [0.2, 0.25) is 23.5 Å². The minimum atomic E-state index is -0.116. The number of nitrogens with zero attached hydrogens (tertiary/aromatic N) is 2. The summed E-state index contributed by atoms with van der Waals surface area (Å²) in [7, 11) is 0. The number of hydrogen-bond acceptors (Lipinski definition) is 5. The number of aromatic nitrogens is 2. The molecular weight excluding hydrogens is 404 g/mol. The van der Waals surface area contributed by atoms with E-state index in [1.54, 1.807) is 25.1 Å². The lowest BCUT2D eigenvalue weighted by molar-refractivity contribution is -0.116. The minimum Gasteiger partial charge on any atom is -0.339 e. The Morgan fingerprint density at radius 3 is 2.57 bits per heavy atom. The summed E-state index contributed by atoms with van der Waals surface area (Å²) in [4.78, 5) is 28.2. The molecule has 0 bridgehead atoms. The van der Waals surface area contributed by atoms with E-state index >= 15 is 0 Å². The number of halogens is 1. The number of hydrogen-bond donors (Lipinski definition) is 2. The number of benzene rings is 2. The third-order valence-electron chi connectivity index (χ3n) is 4.48. The first-order valence-corrected chi connectivity index (χ1v) is 10.1. The molecule has 2 N–H and O–H groups in total. The highest BCUT2D eigenvalue weighted by Gasteiger charge is 2.11. The normalized spacial score (nSPS) is 10.6.